The number of ether oxygens (including phenoxy) is 1. The first-order valence-electron chi connectivity index (χ1n) is 10.8. The van der Waals surface area contributed by atoms with Crippen LogP contribution in [0.5, 0.6) is 0 Å². The van der Waals surface area contributed by atoms with Crippen LogP contribution in [0.15, 0.2) is 0 Å². The van der Waals surface area contributed by atoms with Crippen LogP contribution in [0.3, 0.4) is 0 Å². The van der Waals surface area contributed by atoms with E-state index < -0.39 is 41.8 Å². The van der Waals surface area contributed by atoms with Crippen LogP contribution in [-0.4, -0.2) is 40.4 Å². The van der Waals surface area contributed by atoms with Gasteiger partial charge in [0.2, 0.25) is 5.91 Å². The Bertz CT molecular complexity index is 566. The number of aliphatic carboxylic acids is 1. The topological polar surface area (TPSA) is 110 Å². The molecule has 0 aromatic rings. The third-order valence-corrected chi connectivity index (χ3v) is 4.97. The van der Waals surface area contributed by atoms with Crippen molar-refractivity contribution in [3.63, 3.8) is 0 Å². The van der Waals surface area contributed by atoms with Crippen LogP contribution in [0.25, 0.3) is 0 Å². The predicted molar refractivity (Wildman–Crippen MR) is 109 cm³/mol. The number of amides is 1. The summed E-state index contributed by atoms with van der Waals surface area (Å²) in [4.78, 5) is 48.8. The molecule has 2 atom stereocenters. The monoisotopic (exact) mass is 411 g/mol. The number of carbonyl (C=O) groups is 4. The Morgan fingerprint density at radius 1 is 1.00 bits per heavy atom. The number of hydrogen-bond acceptors (Lipinski definition) is 5. The molecule has 7 heteroatoms. The lowest BCUT2D eigenvalue weighted by Gasteiger charge is -2.26. The number of carboxylic acids is 1. The number of rotatable bonds is 3. The molecule has 1 aliphatic rings. The largest absolute Gasteiger partial charge is 0.481 e. The van der Waals surface area contributed by atoms with Gasteiger partial charge in [0.05, 0.1) is 12.3 Å². The van der Waals surface area contributed by atoms with E-state index in [0.717, 1.165) is 51.4 Å². The zero-order valence-electron chi connectivity index (χ0n) is 18.1. The van der Waals surface area contributed by atoms with E-state index in [4.69, 9.17) is 9.84 Å². The van der Waals surface area contributed by atoms with Crippen molar-refractivity contribution in [3.05, 3.63) is 0 Å². The van der Waals surface area contributed by atoms with Gasteiger partial charge in [-0.2, -0.15) is 0 Å². The Morgan fingerprint density at radius 3 is 2.10 bits per heavy atom. The molecule has 2 N–H and O–H groups in total. The normalized spacial score (nSPS) is 23.8. The van der Waals surface area contributed by atoms with Gasteiger partial charge < -0.3 is 15.2 Å². The van der Waals surface area contributed by atoms with Gasteiger partial charge in [-0.15, -0.1) is 0 Å². The lowest BCUT2D eigenvalue weighted by Crippen LogP contribution is -2.46. The molecule has 1 saturated heterocycles. The lowest BCUT2D eigenvalue weighted by molar-refractivity contribution is -0.159. The summed E-state index contributed by atoms with van der Waals surface area (Å²) in [6, 6.07) is -0.832. The van der Waals surface area contributed by atoms with Crippen LogP contribution in [0.2, 0.25) is 0 Å². The van der Waals surface area contributed by atoms with E-state index in [1.54, 1.807) is 20.8 Å². The molecule has 1 amide bonds. The Hall–Kier alpha value is -1.92. The zero-order valence-corrected chi connectivity index (χ0v) is 18.1. The molecule has 0 aromatic carbocycles. The highest BCUT2D eigenvalue weighted by Crippen LogP contribution is 2.18. The molecular formula is C22H37NO6. The van der Waals surface area contributed by atoms with Crippen molar-refractivity contribution in [1.82, 2.24) is 5.32 Å². The van der Waals surface area contributed by atoms with E-state index in [-0.39, 0.29) is 12.2 Å². The number of hydrogen-bond donors (Lipinski definition) is 2. The molecule has 1 fully saturated rings. The fourth-order valence-electron chi connectivity index (χ4n) is 3.49. The lowest BCUT2D eigenvalue weighted by atomic mass is 9.94. The number of carboxylic acid groups (broad SMARTS) is 1. The van der Waals surface area contributed by atoms with E-state index in [0.29, 0.717) is 12.8 Å². The molecule has 1 rings (SSSR count). The van der Waals surface area contributed by atoms with E-state index in [1.807, 2.05) is 0 Å². The molecule has 0 unspecified atom stereocenters. The van der Waals surface area contributed by atoms with Crippen molar-refractivity contribution in [3.8, 4) is 0 Å². The number of nitrogens with one attached hydrogen (secondary N) is 1. The predicted octanol–water partition coefficient (Wildman–Crippen LogP) is 3.78. The Morgan fingerprint density at radius 2 is 1.55 bits per heavy atom. The average Bonchev–Trinajstić information content (AvgIpc) is 2.58. The zero-order chi connectivity index (χ0) is 21.9. The van der Waals surface area contributed by atoms with Gasteiger partial charge in [-0.1, -0.05) is 44.9 Å². The van der Waals surface area contributed by atoms with Gasteiger partial charge >= 0.3 is 11.9 Å². The summed E-state index contributed by atoms with van der Waals surface area (Å²) >= 11 is 0. The average molecular weight is 412 g/mol. The summed E-state index contributed by atoms with van der Waals surface area (Å²) in [5.74, 6) is -3.30. The third kappa shape index (κ3) is 11.6. The summed E-state index contributed by atoms with van der Waals surface area (Å²) < 4.78 is 5.43. The summed E-state index contributed by atoms with van der Waals surface area (Å²) in [6.45, 7) is 5.27. The smallest absolute Gasteiger partial charge is 0.329 e. The molecule has 0 spiro atoms. The summed E-state index contributed by atoms with van der Waals surface area (Å²) in [7, 11) is 0. The highest BCUT2D eigenvalue weighted by atomic mass is 16.6. The van der Waals surface area contributed by atoms with Gasteiger partial charge in [0.15, 0.2) is 0 Å². The second kappa shape index (κ2) is 12.6. The second-order valence-electron chi connectivity index (χ2n) is 9.00. The molecule has 0 bridgehead atoms. The summed E-state index contributed by atoms with van der Waals surface area (Å²) in [5.41, 5.74) is -0.687. The highest BCUT2D eigenvalue weighted by Gasteiger charge is 2.31. The highest BCUT2D eigenvalue weighted by molar-refractivity contribution is 5.91. The van der Waals surface area contributed by atoms with Crippen molar-refractivity contribution in [2.24, 2.45) is 5.92 Å². The molecule has 1 aliphatic heterocycles. The first kappa shape index (κ1) is 25.1. The number of Topliss-reactive ketones (excluding diaryl/α,β-unsaturated/α-hetero) is 1. The SMILES string of the molecule is CC(C)(C)OC(=O)[C@@H]1CCCCCCCCCCC(=O)C[C@@H](CC(=O)O)C(=O)N1. The van der Waals surface area contributed by atoms with Gasteiger partial charge in [-0.05, 0) is 33.6 Å². The molecule has 0 aliphatic carbocycles. The van der Waals surface area contributed by atoms with Gasteiger partial charge in [0.25, 0.3) is 0 Å². The maximum absolute atomic E-state index is 12.7. The number of esters is 1. The molecule has 1 heterocycles. The minimum absolute atomic E-state index is 0.104. The summed E-state index contributed by atoms with van der Waals surface area (Å²) in [5, 5.41) is 11.8. The summed E-state index contributed by atoms with van der Waals surface area (Å²) in [6.07, 6.45) is 8.12. The quantitative estimate of drug-likeness (QED) is 0.684. The second-order valence-corrected chi connectivity index (χ2v) is 9.00. The molecule has 0 aromatic heterocycles. The fourth-order valence-corrected chi connectivity index (χ4v) is 3.49. The van der Waals surface area contributed by atoms with Crippen molar-refractivity contribution >= 4 is 23.6 Å². The number of carbonyl (C=O) groups excluding carboxylic acids is 3. The van der Waals surface area contributed by atoms with E-state index >= 15 is 0 Å². The fraction of sp³-hybridized carbons (Fsp3) is 0.818. The molecular weight excluding hydrogens is 374 g/mol. The molecule has 166 valence electrons. The van der Waals surface area contributed by atoms with Gasteiger partial charge in [0, 0.05) is 12.8 Å². The van der Waals surface area contributed by atoms with Crippen molar-refractivity contribution in [2.75, 3.05) is 0 Å². The number of ketones is 1. The first-order valence-corrected chi connectivity index (χ1v) is 10.8. The van der Waals surface area contributed by atoms with Crippen LogP contribution in [-0.2, 0) is 23.9 Å². The van der Waals surface area contributed by atoms with Crippen LogP contribution < -0.4 is 5.32 Å². The minimum atomic E-state index is -1.14. The van der Waals surface area contributed by atoms with E-state index in [9.17, 15) is 19.2 Å². The minimum Gasteiger partial charge on any atom is -0.481 e. The molecule has 7 nitrogen and oxygen atoms in total. The van der Waals surface area contributed by atoms with E-state index in [2.05, 4.69) is 5.32 Å². The molecule has 0 radical (unpaired) electrons. The van der Waals surface area contributed by atoms with Crippen molar-refractivity contribution in [2.45, 2.75) is 109 Å². The Labute approximate surface area is 174 Å². The third-order valence-electron chi connectivity index (χ3n) is 4.97. The van der Waals surface area contributed by atoms with Crippen LogP contribution in [0.1, 0.15) is 97.8 Å². The van der Waals surface area contributed by atoms with Crippen LogP contribution in [0, 0.1) is 5.92 Å². The Balaban J connectivity index is 2.92. The maximum Gasteiger partial charge on any atom is 0.329 e. The van der Waals surface area contributed by atoms with Gasteiger partial charge in [-0.3, -0.25) is 14.4 Å². The van der Waals surface area contributed by atoms with Gasteiger partial charge in [-0.25, -0.2) is 4.79 Å². The standard InChI is InChI=1S/C22H37NO6/c1-22(2,3)29-21(28)18-13-11-9-7-5-4-6-8-10-12-17(24)14-16(15-19(25)26)20(27)23-18/h16,18H,4-15H2,1-3H3,(H,23,27)(H,25,26)/t16-,18-/m0/s1. The van der Waals surface area contributed by atoms with Gasteiger partial charge in [0.1, 0.15) is 17.4 Å². The van der Waals surface area contributed by atoms with Crippen molar-refractivity contribution in [1.29, 1.82) is 0 Å². The molecule has 0 saturated carbocycles. The molecule has 29 heavy (non-hydrogen) atoms. The first-order chi connectivity index (χ1) is 13.6. The Kier molecular flexibility index (Phi) is 10.9. The van der Waals surface area contributed by atoms with E-state index in [1.165, 1.54) is 0 Å². The maximum atomic E-state index is 12.7. The van der Waals surface area contributed by atoms with Crippen LogP contribution >= 0.6 is 0 Å². The van der Waals surface area contributed by atoms with Crippen molar-refractivity contribution < 1.29 is 29.0 Å². The van der Waals surface area contributed by atoms with Crippen LogP contribution in [0.4, 0.5) is 0 Å².